The van der Waals surface area contributed by atoms with Gasteiger partial charge in [0.25, 0.3) is 0 Å². The molecule has 1 radical (unpaired) electrons. The van der Waals surface area contributed by atoms with E-state index in [1.165, 1.54) is 23.9 Å². The minimum atomic E-state index is 0.620. The van der Waals surface area contributed by atoms with E-state index < -0.39 is 0 Å². The lowest BCUT2D eigenvalue weighted by Gasteiger charge is -2.12. The molecule has 2 aromatic rings. The Morgan fingerprint density at radius 2 is 2.26 bits per heavy atom. The number of anilines is 1. The molecule has 0 bridgehead atoms. The zero-order chi connectivity index (χ0) is 15.8. The van der Waals surface area contributed by atoms with Crippen LogP contribution in [0.5, 0.6) is 0 Å². The number of hydrogen-bond donors (Lipinski definition) is 2. The second-order valence-electron chi connectivity index (χ2n) is 6.21. The van der Waals surface area contributed by atoms with Crippen molar-refractivity contribution in [1.82, 2.24) is 9.97 Å². The fraction of sp³-hybridized carbons (Fsp3) is 0.412. The number of nitrogens with two attached hydrogens (primary N) is 1. The molecule has 2 aliphatic rings. The summed E-state index contributed by atoms with van der Waals surface area (Å²) in [6.07, 6.45) is 5.10. The highest BCUT2D eigenvalue weighted by Crippen LogP contribution is 2.45. The highest BCUT2D eigenvalue weighted by Gasteiger charge is 2.36. The Hall–Kier alpha value is -2.08. The zero-order valence-corrected chi connectivity index (χ0v) is 13.3. The molecule has 0 atom stereocenters. The van der Waals surface area contributed by atoms with E-state index in [4.69, 9.17) is 15.1 Å². The zero-order valence-electron chi connectivity index (χ0n) is 13.3. The predicted molar refractivity (Wildman–Crippen MR) is 91.5 cm³/mol. The molecular weight excluding hydrogens is 287 g/mol. The lowest BCUT2D eigenvalue weighted by atomic mass is 9.65. The smallest absolute Gasteiger partial charge is 0.194 e. The molecular formula is C17H20BN4O. The molecule has 2 aromatic heterocycles. The van der Waals surface area contributed by atoms with Crippen LogP contribution in [0.2, 0.25) is 0 Å². The van der Waals surface area contributed by atoms with Gasteiger partial charge in [-0.05, 0) is 61.8 Å². The number of rotatable bonds is 6. The SMILES string of the molecule is Cc1nc(NCc2ccco2)c2c(n1)C(C1CC1)=C(CCN)[B]2. The Morgan fingerprint density at radius 1 is 1.39 bits per heavy atom. The maximum absolute atomic E-state index is 5.80. The molecule has 4 rings (SSSR count). The lowest BCUT2D eigenvalue weighted by molar-refractivity contribution is 0.518. The van der Waals surface area contributed by atoms with E-state index >= 15 is 0 Å². The molecule has 23 heavy (non-hydrogen) atoms. The molecule has 1 fully saturated rings. The van der Waals surface area contributed by atoms with Gasteiger partial charge in [-0.2, -0.15) is 0 Å². The van der Waals surface area contributed by atoms with Crippen LogP contribution in [0.25, 0.3) is 5.57 Å². The van der Waals surface area contributed by atoms with Gasteiger partial charge in [-0.25, -0.2) is 9.97 Å². The third-order valence-corrected chi connectivity index (χ3v) is 4.39. The molecule has 0 spiro atoms. The molecule has 117 valence electrons. The number of nitrogens with one attached hydrogen (secondary N) is 1. The van der Waals surface area contributed by atoms with Gasteiger partial charge in [-0.3, -0.25) is 0 Å². The first kappa shape index (κ1) is 14.5. The summed E-state index contributed by atoms with van der Waals surface area (Å²) in [5.41, 5.74) is 10.7. The average Bonchev–Trinajstić information content (AvgIpc) is 3.09. The summed E-state index contributed by atoms with van der Waals surface area (Å²) in [4.78, 5) is 9.33. The van der Waals surface area contributed by atoms with Gasteiger partial charge in [0.15, 0.2) is 7.28 Å². The Balaban J connectivity index is 1.66. The number of nitrogens with zero attached hydrogens (tertiary/aromatic N) is 2. The fourth-order valence-corrected chi connectivity index (χ4v) is 3.24. The van der Waals surface area contributed by atoms with Crippen LogP contribution in [0.1, 0.15) is 36.5 Å². The van der Waals surface area contributed by atoms with Gasteiger partial charge in [0.2, 0.25) is 0 Å². The van der Waals surface area contributed by atoms with Crippen molar-refractivity contribution in [2.45, 2.75) is 32.7 Å². The van der Waals surface area contributed by atoms with Crippen LogP contribution in [0.15, 0.2) is 28.3 Å². The van der Waals surface area contributed by atoms with Gasteiger partial charge < -0.3 is 15.5 Å². The number of allylic oxidation sites excluding steroid dienone is 1. The van der Waals surface area contributed by atoms with E-state index in [-0.39, 0.29) is 0 Å². The van der Waals surface area contributed by atoms with Crippen LogP contribution < -0.4 is 16.5 Å². The normalized spacial score (nSPS) is 16.4. The van der Waals surface area contributed by atoms with E-state index in [2.05, 4.69) is 17.6 Å². The van der Waals surface area contributed by atoms with Crippen molar-refractivity contribution in [3.63, 3.8) is 0 Å². The van der Waals surface area contributed by atoms with Crippen molar-refractivity contribution in [3.05, 3.63) is 41.1 Å². The molecule has 0 amide bonds. The summed E-state index contributed by atoms with van der Waals surface area (Å²) < 4.78 is 5.39. The summed E-state index contributed by atoms with van der Waals surface area (Å²) >= 11 is 0. The largest absolute Gasteiger partial charge is 0.467 e. The molecule has 3 heterocycles. The van der Waals surface area contributed by atoms with Crippen LogP contribution >= 0.6 is 0 Å². The maximum atomic E-state index is 5.80. The van der Waals surface area contributed by atoms with Crippen LogP contribution in [-0.2, 0) is 6.54 Å². The van der Waals surface area contributed by atoms with Gasteiger partial charge in [-0.1, -0.05) is 5.47 Å². The van der Waals surface area contributed by atoms with Gasteiger partial charge in [0, 0.05) is 0 Å². The minimum Gasteiger partial charge on any atom is -0.467 e. The molecule has 0 aromatic carbocycles. The van der Waals surface area contributed by atoms with Gasteiger partial charge in [0.05, 0.1) is 18.5 Å². The van der Waals surface area contributed by atoms with E-state index in [1.54, 1.807) is 6.26 Å². The highest BCUT2D eigenvalue weighted by atomic mass is 16.3. The fourth-order valence-electron chi connectivity index (χ4n) is 3.24. The number of hydrogen-bond acceptors (Lipinski definition) is 5. The number of aromatic nitrogens is 2. The molecule has 5 nitrogen and oxygen atoms in total. The summed E-state index contributed by atoms with van der Waals surface area (Å²) in [5, 5.41) is 3.40. The molecule has 3 N–H and O–H groups in total. The molecule has 6 heteroatoms. The Bertz CT molecular complexity index is 750. The molecule has 1 aliphatic heterocycles. The molecule has 0 unspecified atom stereocenters. The predicted octanol–water partition coefficient (Wildman–Crippen LogP) is 1.80. The standard InChI is InChI=1S/C17H20BN4O/c1-10-21-16-14(11-4-5-11)13(6-7-19)18-15(16)17(22-10)20-9-12-3-2-8-23-12/h2-3,8,11H,4-7,9,19H2,1H3,(H,20,21,22). The van der Waals surface area contributed by atoms with Gasteiger partial charge in [-0.15, -0.1) is 0 Å². The Kier molecular flexibility index (Phi) is 3.69. The van der Waals surface area contributed by atoms with Crippen molar-refractivity contribution in [1.29, 1.82) is 0 Å². The second-order valence-corrected chi connectivity index (χ2v) is 6.21. The van der Waals surface area contributed by atoms with Gasteiger partial charge in [0.1, 0.15) is 17.4 Å². The lowest BCUT2D eigenvalue weighted by Crippen LogP contribution is -2.24. The van der Waals surface area contributed by atoms with E-state index in [1.807, 2.05) is 19.1 Å². The van der Waals surface area contributed by atoms with E-state index in [0.717, 1.165) is 35.0 Å². The summed E-state index contributed by atoms with van der Waals surface area (Å²) in [6.45, 7) is 3.23. The van der Waals surface area contributed by atoms with Crippen LogP contribution in [0.4, 0.5) is 5.82 Å². The minimum absolute atomic E-state index is 0.620. The maximum Gasteiger partial charge on any atom is 0.194 e. The number of furan rings is 1. The summed E-state index contributed by atoms with van der Waals surface area (Å²) in [6, 6.07) is 3.85. The van der Waals surface area contributed by atoms with Crippen molar-refractivity contribution < 1.29 is 4.42 Å². The second kappa shape index (κ2) is 5.85. The third-order valence-electron chi connectivity index (χ3n) is 4.39. The monoisotopic (exact) mass is 307 g/mol. The highest BCUT2D eigenvalue weighted by molar-refractivity contribution is 6.67. The Labute approximate surface area is 136 Å². The quantitative estimate of drug-likeness (QED) is 0.796. The third kappa shape index (κ3) is 2.79. The van der Waals surface area contributed by atoms with E-state index in [9.17, 15) is 0 Å². The number of fused-ring (bicyclic) bond motifs is 1. The van der Waals surface area contributed by atoms with Crippen LogP contribution in [0, 0.1) is 12.8 Å². The topological polar surface area (TPSA) is 77.0 Å². The first-order valence-electron chi connectivity index (χ1n) is 8.19. The van der Waals surface area contributed by atoms with Crippen molar-refractivity contribution in [2.75, 3.05) is 11.9 Å². The molecule has 0 saturated heterocycles. The van der Waals surface area contributed by atoms with Crippen molar-refractivity contribution >= 4 is 24.1 Å². The van der Waals surface area contributed by atoms with Crippen molar-refractivity contribution in [3.8, 4) is 0 Å². The van der Waals surface area contributed by atoms with Gasteiger partial charge >= 0.3 is 0 Å². The summed E-state index contributed by atoms with van der Waals surface area (Å²) in [7, 11) is 2.22. The van der Waals surface area contributed by atoms with E-state index in [0.29, 0.717) is 19.0 Å². The van der Waals surface area contributed by atoms with Crippen LogP contribution in [0.3, 0.4) is 0 Å². The van der Waals surface area contributed by atoms with Crippen molar-refractivity contribution in [2.24, 2.45) is 11.7 Å². The number of aryl methyl sites for hydroxylation is 1. The molecule has 1 saturated carbocycles. The first-order chi connectivity index (χ1) is 11.3. The Morgan fingerprint density at radius 3 is 2.96 bits per heavy atom. The summed E-state index contributed by atoms with van der Waals surface area (Å²) in [5.74, 6) is 3.23. The first-order valence-corrected chi connectivity index (χ1v) is 8.19. The molecule has 1 aliphatic carbocycles. The average molecular weight is 307 g/mol. The van der Waals surface area contributed by atoms with Crippen LogP contribution in [-0.4, -0.2) is 23.8 Å².